The summed E-state index contributed by atoms with van der Waals surface area (Å²) in [7, 11) is 2.11. The Kier molecular flexibility index (Phi) is 4.03. The first-order valence-electron chi connectivity index (χ1n) is 7.43. The summed E-state index contributed by atoms with van der Waals surface area (Å²) in [5.74, 6) is 0.391. The Morgan fingerprint density at radius 2 is 2.05 bits per heavy atom. The molecular weight excluding hydrogens is 252 g/mol. The van der Waals surface area contributed by atoms with E-state index in [0.717, 1.165) is 38.2 Å². The van der Waals surface area contributed by atoms with Crippen molar-refractivity contribution in [3.8, 4) is 0 Å². The Hall–Kier alpha value is -1.39. The van der Waals surface area contributed by atoms with Gasteiger partial charge in [0.05, 0.1) is 12.7 Å². The standard InChI is InChI=1S/C16H22N2O2/c1-18-9-10-20-15(11-18)12-5-7-14(8-6-12)17-16(19)13-3-2-4-13/h5-8,13,15H,2-4,9-11H2,1H3,(H,17,19). The maximum absolute atomic E-state index is 11.9. The summed E-state index contributed by atoms with van der Waals surface area (Å²) < 4.78 is 5.79. The van der Waals surface area contributed by atoms with Crippen molar-refractivity contribution in [2.24, 2.45) is 5.92 Å². The number of carbonyl (C=O) groups is 1. The second-order valence-electron chi connectivity index (χ2n) is 5.86. The number of morpholine rings is 1. The van der Waals surface area contributed by atoms with Gasteiger partial charge in [0.1, 0.15) is 0 Å². The fraction of sp³-hybridized carbons (Fsp3) is 0.562. The van der Waals surface area contributed by atoms with Gasteiger partial charge in [-0.1, -0.05) is 18.6 Å². The van der Waals surface area contributed by atoms with Crippen molar-refractivity contribution in [1.82, 2.24) is 4.90 Å². The largest absolute Gasteiger partial charge is 0.371 e. The predicted molar refractivity (Wildman–Crippen MR) is 78.6 cm³/mol. The van der Waals surface area contributed by atoms with Crippen LogP contribution in [0.3, 0.4) is 0 Å². The molecule has 108 valence electrons. The molecule has 2 aliphatic rings. The lowest BCUT2D eigenvalue weighted by molar-refractivity contribution is -0.122. The van der Waals surface area contributed by atoms with Crippen LogP contribution in [-0.2, 0) is 9.53 Å². The first kappa shape index (κ1) is 13.6. The van der Waals surface area contributed by atoms with Crippen LogP contribution >= 0.6 is 0 Å². The lowest BCUT2D eigenvalue weighted by atomic mass is 9.85. The van der Waals surface area contributed by atoms with E-state index in [1.807, 2.05) is 12.1 Å². The molecule has 1 aromatic carbocycles. The number of benzene rings is 1. The number of hydrogen-bond donors (Lipinski definition) is 1. The van der Waals surface area contributed by atoms with Crippen LogP contribution in [0.2, 0.25) is 0 Å². The van der Waals surface area contributed by atoms with Crippen LogP contribution in [0, 0.1) is 5.92 Å². The molecule has 4 heteroatoms. The van der Waals surface area contributed by atoms with Gasteiger partial charge in [-0.3, -0.25) is 4.79 Å². The smallest absolute Gasteiger partial charge is 0.227 e. The highest BCUT2D eigenvalue weighted by molar-refractivity contribution is 5.92. The fourth-order valence-electron chi connectivity index (χ4n) is 2.68. The van der Waals surface area contributed by atoms with Crippen molar-refractivity contribution in [3.63, 3.8) is 0 Å². The zero-order valence-corrected chi connectivity index (χ0v) is 12.0. The molecular formula is C16H22N2O2. The molecule has 1 N–H and O–H groups in total. The molecule has 1 saturated heterocycles. The number of likely N-dealkylation sites (N-methyl/N-ethyl adjacent to an activating group) is 1. The third kappa shape index (κ3) is 3.02. The van der Waals surface area contributed by atoms with Gasteiger partial charge in [-0.05, 0) is 37.6 Å². The first-order chi connectivity index (χ1) is 9.72. The molecule has 3 rings (SSSR count). The molecule has 1 unspecified atom stereocenters. The number of hydrogen-bond acceptors (Lipinski definition) is 3. The summed E-state index contributed by atoms with van der Waals surface area (Å²) in [5, 5.41) is 2.99. The average Bonchev–Trinajstić information content (AvgIpc) is 2.37. The van der Waals surface area contributed by atoms with E-state index in [0.29, 0.717) is 0 Å². The summed E-state index contributed by atoms with van der Waals surface area (Å²) in [6.07, 6.45) is 3.40. The molecule has 2 fully saturated rings. The van der Waals surface area contributed by atoms with E-state index >= 15 is 0 Å². The summed E-state index contributed by atoms with van der Waals surface area (Å²) in [6, 6.07) is 8.06. The monoisotopic (exact) mass is 274 g/mol. The Balaban J connectivity index is 1.60. The maximum Gasteiger partial charge on any atom is 0.227 e. The van der Waals surface area contributed by atoms with E-state index < -0.39 is 0 Å². The van der Waals surface area contributed by atoms with E-state index in [4.69, 9.17) is 4.74 Å². The van der Waals surface area contributed by atoms with Gasteiger partial charge in [0.15, 0.2) is 0 Å². The number of nitrogens with zero attached hydrogens (tertiary/aromatic N) is 1. The van der Waals surface area contributed by atoms with Gasteiger partial charge in [0, 0.05) is 24.7 Å². The van der Waals surface area contributed by atoms with Gasteiger partial charge >= 0.3 is 0 Å². The minimum Gasteiger partial charge on any atom is -0.371 e. The van der Waals surface area contributed by atoms with Gasteiger partial charge in [-0.2, -0.15) is 0 Å². The van der Waals surface area contributed by atoms with Gasteiger partial charge in [-0.25, -0.2) is 0 Å². The fourth-order valence-corrected chi connectivity index (χ4v) is 2.68. The highest BCUT2D eigenvalue weighted by Crippen LogP contribution is 2.28. The molecule has 0 bridgehead atoms. The van der Waals surface area contributed by atoms with E-state index in [-0.39, 0.29) is 17.9 Å². The molecule has 1 atom stereocenters. The van der Waals surface area contributed by atoms with Crippen molar-refractivity contribution < 1.29 is 9.53 Å². The zero-order chi connectivity index (χ0) is 13.9. The predicted octanol–water partition coefficient (Wildman–Crippen LogP) is 2.43. The topological polar surface area (TPSA) is 41.6 Å². The molecule has 0 aromatic heterocycles. The highest BCUT2D eigenvalue weighted by atomic mass is 16.5. The third-order valence-corrected chi connectivity index (χ3v) is 4.30. The van der Waals surface area contributed by atoms with Crippen molar-refractivity contribution in [2.75, 3.05) is 32.1 Å². The molecule has 20 heavy (non-hydrogen) atoms. The minimum atomic E-state index is 0.144. The lowest BCUT2D eigenvalue weighted by Crippen LogP contribution is -2.35. The number of ether oxygens (including phenoxy) is 1. The quantitative estimate of drug-likeness (QED) is 0.920. The maximum atomic E-state index is 11.9. The van der Waals surface area contributed by atoms with Crippen LogP contribution in [0.5, 0.6) is 0 Å². The van der Waals surface area contributed by atoms with Gasteiger partial charge in [-0.15, -0.1) is 0 Å². The molecule has 1 aromatic rings. The zero-order valence-electron chi connectivity index (χ0n) is 12.0. The second-order valence-corrected chi connectivity index (χ2v) is 5.86. The third-order valence-electron chi connectivity index (χ3n) is 4.30. The number of rotatable bonds is 3. The molecule has 1 amide bonds. The number of carbonyl (C=O) groups excluding carboxylic acids is 1. The van der Waals surface area contributed by atoms with Crippen LogP contribution in [0.4, 0.5) is 5.69 Å². The molecule has 0 spiro atoms. The molecule has 1 aliphatic carbocycles. The van der Waals surface area contributed by atoms with Crippen LogP contribution in [0.15, 0.2) is 24.3 Å². The van der Waals surface area contributed by atoms with E-state index in [9.17, 15) is 4.79 Å². The van der Waals surface area contributed by atoms with Gasteiger partial charge < -0.3 is 15.0 Å². The summed E-state index contributed by atoms with van der Waals surface area (Å²) in [6.45, 7) is 2.70. The number of amides is 1. The summed E-state index contributed by atoms with van der Waals surface area (Å²) in [4.78, 5) is 14.2. The lowest BCUT2D eigenvalue weighted by Gasteiger charge is -2.30. The van der Waals surface area contributed by atoms with Crippen LogP contribution < -0.4 is 5.32 Å². The Bertz CT molecular complexity index is 468. The number of nitrogens with one attached hydrogen (secondary N) is 1. The molecule has 1 saturated carbocycles. The van der Waals surface area contributed by atoms with E-state index in [1.54, 1.807) is 0 Å². The van der Waals surface area contributed by atoms with Gasteiger partial charge in [0.2, 0.25) is 5.91 Å². The van der Waals surface area contributed by atoms with Crippen molar-refractivity contribution in [1.29, 1.82) is 0 Å². The average molecular weight is 274 g/mol. The van der Waals surface area contributed by atoms with Crippen molar-refractivity contribution in [3.05, 3.63) is 29.8 Å². The van der Waals surface area contributed by atoms with E-state index in [1.165, 1.54) is 12.0 Å². The van der Waals surface area contributed by atoms with E-state index in [2.05, 4.69) is 29.4 Å². The van der Waals surface area contributed by atoms with Crippen molar-refractivity contribution >= 4 is 11.6 Å². The highest BCUT2D eigenvalue weighted by Gasteiger charge is 2.25. The SMILES string of the molecule is CN1CCOC(c2ccc(NC(=O)C3CCC3)cc2)C1. The minimum absolute atomic E-state index is 0.144. The van der Waals surface area contributed by atoms with Crippen LogP contribution in [0.25, 0.3) is 0 Å². The van der Waals surface area contributed by atoms with Crippen molar-refractivity contribution in [2.45, 2.75) is 25.4 Å². The Morgan fingerprint density at radius 3 is 2.65 bits per heavy atom. The number of anilines is 1. The summed E-state index contributed by atoms with van der Waals surface area (Å²) >= 11 is 0. The van der Waals surface area contributed by atoms with Crippen LogP contribution in [0.1, 0.15) is 30.9 Å². The normalized spacial score (nSPS) is 24.1. The van der Waals surface area contributed by atoms with Gasteiger partial charge in [0.25, 0.3) is 0 Å². The Morgan fingerprint density at radius 1 is 1.30 bits per heavy atom. The molecule has 1 heterocycles. The van der Waals surface area contributed by atoms with Crippen LogP contribution in [-0.4, -0.2) is 37.6 Å². The molecule has 4 nitrogen and oxygen atoms in total. The molecule has 0 radical (unpaired) electrons. The first-order valence-corrected chi connectivity index (χ1v) is 7.43. The Labute approximate surface area is 120 Å². The summed E-state index contributed by atoms with van der Waals surface area (Å²) in [5.41, 5.74) is 2.06. The molecule has 1 aliphatic heterocycles. The second kappa shape index (κ2) is 5.94.